The first-order chi connectivity index (χ1) is 21.7. The number of likely N-dealkylation sites (tertiary alicyclic amines) is 2. The van der Waals surface area contributed by atoms with Crippen molar-refractivity contribution in [1.82, 2.24) is 29.6 Å². The zero-order valence-corrected chi connectivity index (χ0v) is 28.1. The maximum Gasteiger partial charge on any atom is 0.257 e. The van der Waals surface area contributed by atoms with Crippen molar-refractivity contribution >= 4 is 5.91 Å². The molecule has 0 bridgehead atoms. The molecular weight excluding hydrogens is 556 g/mol. The van der Waals surface area contributed by atoms with E-state index in [1.165, 1.54) is 29.5 Å². The van der Waals surface area contributed by atoms with Crippen molar-refractivity contribution in [2.75, 3.05) is 45.8 Å². The highest BCUT2D eigenvalue weighted by atomic mass is 16.2. The molecule has 0 unspecified atom stereocenters. The van der Waals surface area contributed by atoms with Crippen LogP contribution in [-0.2, 0) is 6.54 Å². The van der Waals surface area contributed by atoms with E-state index in [9.17, 15) is 4.79 Å². The molecule has 3 aliphatic heterocycles. The van der Waals surface area contributed by atoms with Gasteiger partial charge in [0.05, 0.1) is 17.0 Å². The van der Waals surface area contributed by atoms with Crippen molar-refractivity contribution < 1.29 is 4.79 Å². The first kappa shape index (κ1) is 31.8. The number of nitrogens with zero attached hydrogens (tertiary/aromatic N) is 6. The summed E-state index contributed by atoms with van der Waals surface area (Å²) in [5.74, 6) is 0.746. The Kier molecular flexibility index (Phi) is 9.69. The van der Waals surface area contributed by atoms with Crippen LogP contribution in [0.5, 0.6) is 0 Å². The van der Waals surface area contributed by atoms with Crippen LogP contribution >= 0.6 is 0 Å². The van der Waals surface area contributed by atoms with Crippen molar-refractivity contribution in [3.8, 4) is 0 Å². The molecule has 1 aromatic heterocycles. The molecule has 45 heavy (non-hydrogen) atoms. The van der Waals surface area contributed by atoms with Crippen molar-refractivity contribution in [2.24, 2.45) is 5.92 Å². The summed E-state index contributed by atoms with van der Waals surface area (Å²) in [6, 6.07) is 21.3. The molecular formula is C38H52N6O. The molecule has 3 fully saturated rings. The molecule has 0 radical (unpaired) electrons. The van der Waals surface area contributed by atoms with Crippen LogP contribution < -0.4 is 0 Å². The highest BCUT2D eigenvalue weighted by Crippen LogP contribution is 2.40. The van der Waals surface area contributed by atoms with E-state index in [1.807, 2.05) is 18.7 Å². The topological polar surface area (TPSA) is 55.8 Å². The van der Waals surface area contributed by atoms with Gasteiger partial charge >= 0.3 is 0 Å². The SMILES string of the molecule is Cc1ccc(CN2CCC([C@H](c3ccccc3)N3CCN(C4(C)CCN(C(=O)c5c(C)ncnc5C)CC4)C[C@@H]3C)CC2)cc1. The van der Waals surface area contributed by atoms with Crippen LogP contribution in [0.2, 0.25) is 0 Å². The average Bonchev–Trinajstić information content (AvgIpc) is 3.04. The smallest absolute Gasteiger partial charge is 0.257 e. The lowest BCUT2D eigenvalue weighted by atomic mass is 9.82. The lowest BCUT2D eigenvalue weighted by molar-refractivity contribution is -0.0439. The average molecular weight is 609 g/mol. The monoisotopic (exact) mass is 608 g/mol. The van der Waals surface area contributed by atoms with Gasteiger partial charge in [-0.25, -0.2) is 9.97 Å². The first-order valence-electron chi connectivity index (χ1n) is 17.1. The highest BCUT2D eigenvalue weighted by Gasteiger charge is 2.43. The Bertz CT molecular complexity index is 1410. The Labute approximate surface area is 270 Å². The van der Waals surface area contributed by atoms with Crippen LogP contribution in [0.25, 0.3) is 0 Å². The van der Waals surface area contributed by atoms with Gasteiger partial charge in [-0.1, -0.05) is 60.2 Å². The van der Waals surface area contributed by atoms with Crippen molar-refractivity contribution in [2.45, 2.75) is 84.5 Å². The second-order valence-electron chi connectivity index (χ2n) is 14.2. The fourth-order valence-electron chi connectivity index (χ4n) is 8.21. The lowest BCUT2D eigenvalue weighted by Crippen LogP contribution is -2.63. The van der Waals surface area contributed by atoms with Crippen LogP contribution in [0, 0.1) is 26.7 Å². The second-order valence-corrected chi connectivity index (χ2v) is 14.2. The van der Waals surface area contributed by atoms with Gasteiger partial charge in [0.15, 0.2) is 0 Å². The van der Waals surface area contributed by atoms with E-state index in [1.54, 1.807) is 6.33 Å². The van der Waals surface area contributed by atoms with Gasteiger partial charge in [-0.2, -0.15) is 0 Å². The minimum absolute atomic E-state index is 0.0847. The summed E-state index contributed by atoms with van der Waals surface area (Å²) in [5, 5.41) is 0. The molecule has 6 rings (SSSR count). The molecule has 0 aliphatic carbocycles. The second kappa shape index (κ2) is 13.7. The van der Waals surface area contributed by atoms with E-state index < -0.39 is 0 Å². The number of rotatable bonds is 7. The largest absolute Gasteiger partial charge is 0.338 e. The fraction of sp³-hybridized carbons (Fsp3) is 0.553. The van der Waals surface area contributed by atoms with Crippen LogP contribution in [-0.4, -0.2) is 92.9 Å². The Morgan fingerprint density at radius 3 is 2.13 bits per heavy atom. The molecule has 7 nitrogen and oxygen atoms in total. The summed E-state index contributed by atoms with van der Waals surface area (Å²) in [6.07, 6.45) is 6.03. The summed E-state index contributed by atoms with van der Waals surface area (Å²) in [6.45, 7) is 19.0. The summed E-state index contributed by atoms with van der Waals surface area (Å²) in [5.41, 5.74) is 6.56. The number of piperazine rings is 1. The molecule has 3 aliphatic rings. The van der Waals surface area contributed by atoms with E-state index in [0.717, 1.165) is 76.6 Å². The summed E-state index contributed by atoms with van der Waals surface area (Å²) < 4.78 is 0. The molecule has 7 heteroatoms. The van der Waals surface area contributed by atoms with E-state index in [4.69, 9.17) is 0 Å². The molecule has 4 heterocycles. The predicted molar refractivity (Wildman–Crippen MR) is 181 cm³/mol. The van der Waals surface area contributed by atoms with Crippen LogP contribution in [0.3, 0.4) is 0 Å². The van der Waals surface area contributed by atoms with Gasteiger partial charge in [0.1, 0.15) is 6.33 Å². The van der Waals surface area contributed by atoms with Gasteiger partial charge in [0.2, 0.25) is 0 Å². The third kappa shape index (κ3) is 7.01. The van der Waals surface area contributed by atoms with Gasteiger partial charge in [0, 0.05) is 56.9 Å². The van der Waals surface area contributed by atoms with Gasteiger partial charge < -0.3 is 4.90 Å². The van der Waals surface area contributed by atoms with Gasteiger partial charge in [-0.15, -0.1) is 0 Å². The molecule has 0 spiro atoms. The Balaban J connectivity index is 1.09. The third-order valence-corrected chi connectivity index (χ3v) is 11.1. The van der Waals surface area contributed by atoms with Gasteiger partial charge in [-0.3, -0.25) is 19.5 Å². The third-order valence-electron chi connectivity index (χ3n) is 11.1. The van der Waals surface area contributed by atoms with E-state index in [-0.39, 0.29) is 11.4 Å². The lowest BCUT2D eigenvalue weighted by Gasteiger charge is -2.54. The number of aryl methyl sites for hydroxylation is 3. The van der Waals surface area contributed by atoms with E-state index in [0.29, 0.717) is 23.6 Å². The molecule has 3 aromatic rings. The Morgan fingerprint density at radius 2 is 1.51 bits per heavy atom. The number of carbonyl (C=O) groups is 1. The predicted octanol–water partition coefficient (Wildman–Crippen LogP) is 6.06. The Hall–Kier alpha value is -3.13. The van der Waals surface area contributed by atoms with Crippen LogP contribution in [0.1, 0.15) is 84.0 Å². The van der Waals surface area contributed by atoms with Crippen molar-refractivity contribution in [1.29, 1.82) is 0 Å². The quantitative estimate of drug-likeness (QED) is 0.325. The van der Waals surface area contributed by atoms with Gasteiger partial charge in [0.25, 0.3) is 5.91 Å². The first-order valence-corrected chi connectivity index (χ1v) is 17.1. The van der Waals surface area contributed by atoms with Gasteiger partial charge in [-0.05, 0) is 90.4 Å². The molecule has 3 saturated heterocycles. The molecule has 0 N–H and O–H groups in total. The van der Waals surface area contributed by atoms with Crippen molar-refractivity contribution in [3.05, 3.63) is 94.6 Å². The minimum Gasteiger partial charge on any atom is -0.338 e. The molecule has 0 saturated carbocycles. The van der Waals surface area contributed by atoms with E-state index in [2.05, 4.69) is 100 Å². The number of amides is 1. The summed E-state index contributed by atoms with van der Waals surface area (Å²) in [7, 11) is 0. The summed E-state index contributed by atoms with van der Waals surface area (Å²) >= 11 is 0. The molecule has 240 valence electrons. The number of aromatic nitrogens is 2. The normalized spacial score (nSPS) is 22.8. The summed E-state index contributed by atoms with van der Waals surface area (Å²) in [4.78, 5) is 32.3. The highest BCUT2D eigenvalue weighted by molar-refractivity contribution is 5.96. The number of carbonyl (C=O) groups excluding carboxylic acids is 1. The zero-order chi connectivity index (χ0) is 31.6. The number of piperidine rings is 2. The minimum atomic E-state index is 0.0847. The molecule has 2 aromatic carbocycles. The number of benzene rings is 2. The van der Waals surface area contributed by atoms with Crippen LogP contribution in [0.4, 0.5) is 0 Å². The van der Waals surface area contributed by atoms with Crippen molar-refractivity contribution in [3.63, 3.8) is 0 Å². The van der Waals surface area contributed by atoms with Crippen LogP contribution in [0.15, 0.2) is 60.9 Å². The number of hydrogen-bond donors (Lipinski definition) is 0. The fourth-order valence-corrected chi connectivity index (χ4v) is 8.21. The standard InChI is InChI=1S/C38H52N6O/c1-28-11-13-32(14-12-28)26-41-19-15-34(16-20-41)36(33-9-7-6-8-10-33)44-24-23-43(25-29(44)2)38(5)17-21-42(22-18-38)37(45)35-30(3)39-27-40-31(35)4/h6-14,27,29,34,36H,15-26H2,1-5H3/t29-,36-/m0/s1. The maximum absolute atomic E-state index is 13.4. The maximum atomic E-state index is 13.4. The Morgan fingerprint density at radius 1 is 0.867 bits per heavy atom. The molecule has 1 amide bonds. The molecule has 2 atom stereocenters. The van der Waals surface area contributed by atoms with E-state index >= 15 is 0 Å². The number of hydrogen-bond acceptors (Lipinski definition) is 6. The zero-order valence-electron chi connectivity index (χ0n) is 28.1.